The number of rotatable bonds is 5. The Kier molecular flexibility index (Phi) is 5.60. The quantitative estimate of drug-likeness (QED) is 0.811. The summed E-state index contributed by atoms with van der Waals surface area (Å²) >= 11 is 0. The zero-order valence-corrected chi connectivity index (χ0v) is 16.0. The van der Waals surface area contributed by atoms with E-state index in [4.69, 9.17) is 9.15 Å². The SMILES string of the molecule is CCOC1CCN(C(=O)c2ccc(CN3CCc4ccccc4C3)o2)CC1. The molecule has 2 aromatic rings. The molecule has 1 fully saturated rings. The van der Waals surface area contributed by atoms with Crippen LogP contribution in [0.2, 0.25) is 0 Å². The number of furan rings is 1. The van der Waals surface area contributed by atoms with Crippen LogP contribution in [0.3, 0.4) is 0 Å². The van der Waals surface area contributed by atoms with Crippen LogP contribution >= 0.6 is 0 Å². The Labute approximate surface area is 160 Å². The average Bonchev–Trinajstić information content (AvgIpc) is 3.17. The van der Waals surface area contributed by atoms with E-state index >= 15 is 0 Å². The van der Waals surface area contributed by atoms with Crippen molar-refractivity contribution in [3.05, 3.63) is 59.0 Å². The van der Waals surface area contributed by atoms with Crippen LogP contribution in [-0.4, -0.2) is 48.1 Å². The maximum Gasteiger partial charge on any atom is 0.289 e. The first-order chi connectivity index (χ1) is 13.2. The molecule has 0 radical (unpaired) electrons. The van der Waals surface area contributed by atoms with Gasteiger partial charge in [0.15, 0.2) is 5.76 Å². The molecule has 0 saturated carbocycles. The Morgan fingerprint density at radius 1 is 1.11 bits per heavy atom. The molecular weight excluding hydrogens is 340 g/mol. The average molecular weight is 368 g/mol. The largest absolute Gasteiger partial charge is 0.455 e. The van der Waals surface area contributed by atoms with Gasteiger partial charge in [-0.1, -0.05) is 24.3 Å². The number of amides is 1. The first-order valence-electron chi connectivity index (χ1n) is 10.0. The molecule has 1 aromatic carbocycles. The summed E-state index contributed by atoms with van der Waals surface area (Å²) < 4.78 is 11.6. The van der Waals surface area contributed by atoms with Crippen molar-refractivity contribution in [2.45, 2.75) is 45.4 Å². The van der Waals surface area contributed by atoms with E-state index in [0.29, 0.717) is 5.76 Å². The number of benzene rings is 1. The highest BCUT2D eigenvalue weighted by atomic mass is 16.5. The van der Waals surface area contributed by atoms with Crippen molar-refractivity contribution in [1.29, 1.82) is 0 Å². The molecule has 1 saturated heterocycles. The lowest BCUT2D eigenvalue weighted by Gasteiger charge is -2.31. The highest BCUT2D eigenvalue weighted by molar-refractivity contribution is 5.91. The van der Waals surface area contributed by atoms with Crippen LogP contribution in [0.25, 0.3) is 0 Å². The van der Waals surface area contributed by atoms with Gasteiger partial charge in [-0.2, -0.15) is 0 Å². The summed E-state index contributed by atoms with van der Waals surface area (Å²) in [6, 6.07) is 12.4. The second-order valence-corrected chi connectivity index (χ2v) is 7.44. The van der Waals surface area contributed by atoms with Gasteiger partial charge in [-0.15, -0.1) is 0 Å². The van der Waals surface area contributed by atoms with E-state index in [0.717, 1.165) is 64.4 Å². The number of carbonyl (C=O) groups is 1. The minimum atomic E-state index is 0.000174. The van der Waals surface area contributed by atoms with Crippen LogP contribution in [0.1, 0.15) is 47.2 Å². The van der Waals surface area contributed by atoms with Crippen LogP contribution in [0.4, 0.5) is 0 Å². The fraction of sp³-hybridized carbons (Fsp3) is 0.500. The molecule has 144 valence electrons. The lowest BCUT2D eigenvalue weighted by atomic mass is 10.00. The first-order valence-corrected chi connectivity index (χ1v) is 10.0. The van der Waals surface area contributed by atoms with Crippen LogP contribution in [0, 0.1) is 0 Å². The second kappa shape index (κ2) is 8.28. The number of hydrogen-bond donors (Lipinski definition) is 0. The summed E-state index contributed by atoms with van der Waals surface area (Å²) in [5.41, 5.74) is 2.84. The van der Waals surface area contributed by atoms with Crippen molar-refractivity contribution in [3.63, 3.8) is 0 Å². The fourth-order valence-corrected chi connectivity index (χ4v) is 4.10. The maximum absolute atomic E-state index is 12.7. The third-order valence-corrected chi connectivity index (χ3v) is 5.59. The topological polar surface area (TPSA) is 45.9 Å². The Hall–Kier alpha value is -2.11. The van der Waals surface area contributed by atoms with Gasteiger partial charge in [0.2, 0.25) is 0 Å². The summed E-state index contributed by atoms with van der Waals surface area (Å²) in [5, 5.41) is 0. The number of ether oxygens (including phenoxy) is 1. The van der Waals surface area contributed by atoms with Crippen LogP contribution in [-0.2, 0) is 24.2 Å². The molecule has 0 bridgehead atoms. The monoisotopic (exact) mass is 368 g/mol. The molecular formula is C22H28N2O3. The van der Waals surface area contributed by atoms with Crippen molar-refractivity contribution in [3.8, 4) is 0 Å². The standard InChI is InChI=1S/C22H28N2O3/c1-2-26-19-10-13-24(14-11-19)22(25)21-8-7-20(27-21)16-23-12-9-17-5-3-4-6-18(17)15-23/h3-8,19H,2,9-16H2,1H3. The van der Waals surface area contributed by atoms with Gasteiger partial charge in [-0.25, -0.2) is 0 Å². The summed E-state index contributed by atoms with van der Waals surface area (Å²) in [6.45, 7) is 6.93. The lowest BCUT2D eigenvalue weighted by Crippen LogP contribution is -2.40. The number of nitrogens with zero attached hydrogens (tertiary/aromatic N) is 2. The van der Waals surface area contributed by atoms with E-state index in [9.17, 15) is 4.79 Å². The number of fused-ring (bicyclic) bond motifs is 1. The summed E-state index contributed by atoms with van der Waals surface area (Å²) in [4.78, 5) is 17.0. The van der Waals surface area contributed by atoms with Crippen molar-refractivity contribution in [2.24, 2.45) is 0 Å². The predicted molar refractivity (Wildman–Crippen MR) is 104 cm³/mol. The van der Waals surface area contributed by atoms with E-state index in [2.05, 4.69) is 29.2 Å². The molecule has 0 spiro atoms. The van der Waals surface area contributed by atoms with Crippen molar-refractivity contribution in [1.82, 2.24) is 9.80 Å². The summed E-state index contributed by atoms with van der Waals surface area (Å²) in [5.74, 6) is 1.32. The molecule has 1 amide bonds. The zero-order chi connectivity index (χ0) is 18.6. The lowest BCUT2D eigenvalue weighted by molar-refractivity contribution is 0.0135. The smallest absolute Gasteiger partial charge is 0.289 e. The van der Waals surface area contributed by atoms with Gasteiger partial charge < -0.3 is 14.1 Å². The molecule has 3 heterocycles. The highest BCUT2D eigenvalue weighted by Crippen LogP contribution is 2.22. The molecule has 5 heteroatoms. The molecule has 2 aliphatic heterocycles. The fourth-order valence-electron chi connectivity index (χ4n) is 4.10. The Morgan fingerprint density at radius 3 is 2.67 bits per heavy atom. The van der Waals surface area contributed by atoms with Gasteiger partial charge >= 0.3 is 0 Å². The number of carbonyl (C=O) groups excluding carboxylic acids is 1. The Balaban J connectivity index is 1.33. The predicted octanol–water partition coefficient (Wildman–Crippen LogP) is 3.48. The third-order valence-electron chi connectivity index (χ3n) is 5.59. The van der Waals surface area contributed by atoms with E-state index in [1.165, 1.54) is 11.1 Å². The molecule has 2 aliphatic rings. The maximum atomic E-state index is 12.7. The van der Waals surface area contributed by atoms with Gasteiger partial charge in [0.25, 0.3) is 5.91 Å². The minimum Gasteiger partial charge on any atom is -0.455 e. The molecule has 0 atom stereocenters. The molecule has 4 rings (SSSR count). The summed E-state index contributed by atoms with van der Waals surface area (Å²) in [7, 11) is 0. The van der Waals surface area contributed by atoms with Gasteiger partial charge in [0.05, 0.1) is 12.6 Å². The van der Waals surface area contributed by atoms with Crippen molar-refractivity contribution >= 4 is 5.91 Å². The minimum absolute atomic E-state index is 0.000174. The molecule has 5 nitrogen and oxygen atoms in total. The van der Waals surface area contributed by atoms with Gasteiger partial charge in [-0.3, -0.25) is 9.69 Å². The van der Waals surface area contributed by atoms with E-state index in [-0.39, 0.29) is 12.0 Å². The summed E-state index contributed by atoms with van der Waals surface area (Å²) in [6.07, 6.45) is 3.16. The Morgan fingerprint density at radius 2 is 1.89 bits per heavy atom. The number of piperidine rings is 1. The van der Waals surface area contributed by atoms with E-state index in [1.54, 1.807) is 0 Å². The van der Waals surface area contributed by atoms with Gasteiger partial charge in [0, 0.05) is 32.8 Å². The molecule has 0 unspecified atom stereocenters. The Bertz CT molecular complexity index is 777. The molecule has 27 heavy (non-hydrogen) atoms. The van der Waals surface area contributed by atoms with Gasteiger partial charge in [-0.05, 0) is 49.4 Å². The number of likely N-dealkylation sites (tertiary alicyclic amines) is 1. The normalized spacial score (nSPS) is 18.5. The second-order valence-electron chi connectivity index (χ2n) is 7.44. The molecule has 0 aliphatic carbocycles. The van der Waals surface area contributed by atoms with E-state index < -0.39 is 0 Å². The van der Waals surface area contributed by atoms with Crippen molar-refractivity contribution in [2.75, 3.05) is 26.2 Å². The molecule has 0 N–H and O–H groups in total. The number of hydrogen-bond acceptors (Lipinski definition) is 4. The first kappa shape index (κ1) is 18.3. The van der Waals surface area contributed by atoms with Crippen LogP contribution in [0.5, 0.6) is 0 Å². The molecule has 1 aromatic heterocycles. The van der Waals surface area contributed by atoms with Crippen molar-refractivity contribution < 1.29 is 13.9 Å². The zero-order valence-electron chi connectivity index (χ0n) is 16.0. The van der Waals surface area contributed by atoms with Crippen LogP contribution < -0.4 is 0 Å². The van der Waals surface area contributed by atoms with Gasteiger partial charge in [0.1, 0.15) is 5.76 Å². The van der Waals surface area contributed by atoms with Crippen LogP contribution in [0.15, 0.2) is 40.8 Å². The highest BCUT2D eigenvalue weighted by Gasteiger charge is 2.26. The third kappa shape index (κ3) is 4.25. The van der Waals surface area contributed by atoms with E-state index in [1.807, 2.05) is 24.0 Å².